The Morgan fingerprint density at radius 1 is 1.14 bits per heavy atom. The minimum Gasteiger partial charge on any atom is -0.497 e. The van der Waals surface area contributed by atoms with Crippen molar-refractivity contribution in [1.82, 2.24) is 9.97 Å². The number of nitriles is 1. The van der Waals surface area contributed by atoms with Gasteiger partial charge in [-0.15, -0.1) is 0 Å². The standard InChI is InChI=1S/C22H15N3O3/c1-28-16-6-7-20-17(10-16)18(12-24-20)21(26)15(11-23)9-14-8-13-4-2-3-5-19(13)25-22(14)27/h2-10,12,24H,1H3,(H,25,27). The maximum absolute atomic E-state index is 13.0. The van der Waals surface area contributed by atoms with Crippen molar-refractivity contribution in [2.75, 3.05) is 7.11 Å². The van der Waals surface area contributed by atoms with Crippen LogP contribution in [-0.2, 0) is 0 Å². The molecule has 6 nitrogen and oxygen atoms in total. The summed E-state index contributed by atoms with van der Waals surface area (Å²) in [5.41, 5.74) is 1.56. The highest BCUT2D eigenvalue weighted by Crippen LogP contribution is 2.26. The number of methoxy groups -OCH3 is 1. The van der Waals surface area contributed by atoms with E-state index in [2.05, 4.69) is 9.97 Å². The van der Waals surface area contributed by atoms with E-state index in [1.807, 2.05) is 24.3 Å². The summed E-state index contributed by atoms with van der Waals surface area (Å²) in [7, 11) is 1.54. The molecule has 4 rings (SSSR count). The predicted molar refractivity (Wildman–Crippen MR) is 107 cm³/mol. The molecule has 2 N–H and O–H groups in total. The van der Waals surface area contributed by atoms with Crippen LogP contribution in [0.1, 0.15) is 15.9 Å². The van der Waals surface area contributed by atoms with Crippen molar-refractivity contribution >= 4 is 33.7 Å². The highest BCUT2D eigenvalue weighted by atomic mass is 16.5. The fraction of sp³-hybridized carbons (Fsp3) is 0.0455. The molecule has 0 saturated carbocycles. The van der Waals surface area contributed by atoms with Gasteiger partial charge in [0.05, 0.1) is 7.11 Å². The van der Waals surface area contributed by atoms with E-state index in [0.29, 0.717) is 22.2 Å². The number of aromatic amines is 2. The number of pyridine rings is 1. The van der Waals surface area contributed by atoms with Crippen molar-refractivity contribution in [3.05, 3.63) is 81.8 Å². The highest BCUT2D eigenvalue weighted by molar-refractivity contribution is 6.20. The number of allylic oxidation sites excluding steroid dienone is 1. The zero-order valence-electron chi connectivity index (χ0n) is 14.9. The SMILES string of the molecule is COc1ccc2[nH]cc(C(=O)C(C#N)=Cc3cc4ccccc4[nH]c3=O)c2c1. The molecule has 4 aromatic rings. The Balaban J connectivity index is 1.81. The van der Waals surface area contributed by atoms with E-state index >= 15 is 0 Å². The first-order valence-electron chi connectivity index (χ1n) is 8.54. The summed E-state index contributed by atoms with van der Waals surface area (Å²) in [4.78, 5) is 31.1. The van der Waals surface area contributed by atoms with Crippen LogP contribution in [0.2, 0.25) is 0 Å². The van der Waals surface area contributed by atoms with Crippen LogP contribution in [0.25, 0.3) is 27.9 Å². The molecule has 2 aromatic heterocycles. The van der Waals surface area contributed by atoms with Crippen LogP contribution in [0.5, 0.6) is 5.75 Å². The van der Waals surface area contributed by atoms with Gasteiger partial charge in [-0.2, -0.15) is 5.26 Å². The van der Waals surface area contributed by atoms with E-state index in [1.54, 1.807) is 43.6 Å². The van der Waals surface area contributed by atoms with Gasteiger partial charge in [0.2, 0.25) is 5.78 Å². The predicted octanol–water partition coefficient (Wildman–Crippen LogP) is 3.81. The molecule has 0 bridgehead atoms. The van der Waals surface area contributed by atoms with Gasteiger partial charge in [-0.25, -0.2) is 0 Å². The van der Waals surface area contributed by atoms with Gasteiger partial charge < -0.3 is 14.7 Å². The molecular formula is C22H15N3O3. The second-order valence-corrected chi connectivity index (χ2v) is 6.25. The molecule has 0 amide bonds. The Kier molecular flexibility index (Phi) is 4.26. The molecule has 0 aliphatic rings. The molecule has 0 radical (unpaired) electrons. The van der Waals surface area contributed by atoms with E-state index in [1.165, 1.54) is 6.08 Å². The van der Waals surface area contributed by atoms with Gasteiger partial charge in [-0.05, 0) is 41.8 Å². The number of H-pyrrole nitrogens is 2. The molecule has 0 fully saturated rings. The third-order valence-corrected chi connectivity index (χ3v) is 4.58. The quantitative estimate of drug-likeness (QED) is 0.325. The van der Waals surface area contributed by atoms with Crippen molar-refractivity contribution in [3.8, 4) is 11.8 Å². The normalized spacial score (nSPS) is 11.5. The first kappa shape index (κ1) is 17.3. The van der Waals surface area contributed by atoms with E-state index in [4.69, 9.17) is 4.74 Å². The molecule has 0 atom stereocenters. The lowest BCUT2D eigenvalue weighted by Gasteiger charge is -2.02. The number of ether oxygens (including phenoxy) is 1. The Bertz CT molecular complexity index is 1350. The largest absolute Gasteiger partial charge is 0.497 e. The summed E-state index contributed by atoms with van der Waals surface area (Å²) in [5.74, 6) is 0.143. The summed E-state index contributed by atoms with van der Waals surface area (Å²) >= 11 is 0. The van der Waals surface area contributed by atoms with E-state index in [9.17, 15) is 14.9 Å². The molecule has 0 saturated heterocycles. The van der Waals surface area contributed by atoms with E-state index < -0.39 is 5.78 Å². The second kappa shape index (κ2) is 6.89. The molecule has 136 valence electrons. The third-order valence-electron chi connectivity index (χ3n) is 4.58. The van der Waals surface area contributed by atoms with Gasteiger partial charge in [0, 0.05) is 33.7 Å². The minimum atomic E-state index is -0.463. The third kappa shape index (κ3) is 2.95. The van der Waals surface area contributed by atoms with Crippen LogP contribution in [0.4, 0.5) is 0 Å². The molecular weight excluding hydrogens is 354 g/mol. The lowest BCUT2D eigenvalue weighted by atomic mass is 10.0. The number of nitrogens with zero attached hydrogens (tertiary/aromatic N) is 1. The topological polar surface area (TPSA) is 98.7 Å². The highest BCUT2D eigenvalue weighted by Gasteiger charge is 2.18. The summed E-state index contributed by atoms with van der Waals surface area (Å²) in [6.07, 6.45) is 2.88. The van der Waals surface area contributed by atoms with Crippen LogP contribution in [0, 0.1) is 11.3 Å². The zero-order valence-corrected chi connectivity index (χ0v) is 14.9. The Morgan fingerprint density at radius 2 is 1.96 bits per heavy atom. The van der Waals surface area contributed by atoms with Gasteiger partial charge in [-0.1, -0.05) is 18.2 Å². The van der Waals surface area contributed by atoms with Crippen molar-refractivity contribution in [3.63, 3.8) is 0 Å². The van der Waals surface area contributed by atoms with Crippen LogP contribution in [0.3, 0.4) is 0 Å². The number of Topliss-reactive ketones (excluding diaryl/α,β-unsaturated/α-hetero) is 1. The van der Waals surface area contributed by atoms with Crippen LogP contribution in [0.15, 0.2) is 65.1 Å². The number of benzene rings is 2. The number of para-hydroxylation sites is 1. The number of hydrogen-bond acceptors (Lipinski definition) is 4. The van der Waals surface area contributed by atoms with Crippen LogP contribution in [-0.4, -0.2) is 22.9 Å². The number of fused-ring (bicyclic) bond motifs is 2. The molecule has 0 aliphatic carbocycles. The van der Waals surface area contributed by atoms with Gasteiger partial charge >= 0.3 is 0 Å². The van der Waals surface area contributed by atoms with Crippen molar-refractivity contribution in [2.45, 2.75) is 0 Å². The molecule has 0 aliphatic heterocycles. The number of hydrogen-bond donors (Lipinski definition) is 2. The Morgan fingerprint density at radius 3 is 2.75 bits per heavy atom. The lowest BCUT2D eigenvalue weighted by molar-refractivity contribution is 0.104. The fourth-order valence-electron chi connectivity index (χ4n) is 3.14. The van der Waals surface area contributed by atoms with Crippen LogP contribution < -0.4 is 10.3 Å². The molecule has 2 aromatic carbocycles. The van der Waals surface area contributed by atoms with Gasteiger partial charge in [0.1, 0.15) is 17.4 Å². The molecule has 28 heavy (non-hydrogen) atoms. The monoisotopic (exact) mass is 369 g/mol. The summed E-state index contributed by atoms with van der Waals surface area (Å²) < 4.78 is 5.22. The van der Waals surface area contributed by atoms with Crippen molar-refractivity contribution in [2.24, 2.45) is 0 Å². The molecule has 2 heterocycles. The number of ketones is 1. The maximum atomic E-state index is 13.0. The van der Waals surface area contributed by atoms with Crippen LogP contribution >= 0.6 is 0 Å². The average Bonchev–Trinajstić information content (AvgIpc) is 3.14. The summed E-state index contributed by atoms with van der Waals surface area (Å²) in [6, 6.07) is 16.2. The van der Waals surface area contributed by atoms with Gasteiger partial charge in [0.15, 0.2) is 0 Å². The number of carbonyl (C=O) groups excluding carboxylic acids is 1. The minimum absolute atomic E-state index is 0.121. The first-order chi connectivity index (χ1) is 13.6. The van der Waals surface area contributed by atoms with E-state index in [-0.39, 0.29) is 16.7 Å². The van der Waals surface area contributed by atoms with Gasteiger partial charge in [-0.3, -0.25) is 9.59 Å². The number of rotatable bonds is 4. The van der Waals surface area contributed by atoms with Crippen molar-refractivity contribution in [1.29, 1.82) is 5.26 Å². The van der Waals surface area contributed by atoms with Crippen molar-refractivity contribution < 1.29 is 9.53 Å². The zero-order chi connectivity index (χ0) is 19.7. The smallest absolute Gasteiger partial charge is 0.255 e. The molecule has 6 heteroatoms. The Hall–Kier alpha value is -4.11. The number of aromatic nitrogens is 2. The van der Waals surface area contributed by atoms with E-state index in [0.717, 1.165) is 10.9 Å². The van der Waals surface area contributed by atoms with Gasteiger partial charge in [0.25, 0.3) is 5.56 Å². The maximum Gasteiger partial charge on any atom is 0.255 e. The molecule has 0 spiro atoms. The number of carbonyl (C=O) groups is 1. The fourth-order valence-corrected chi connectivity index (χ4v) is 3.14. The number of nitrogens with one attached hydrogen (secondary N) is 2. The Labute approximate surface area is 159 Å². The summed E-state index contributed by atoms with van der Waals surface area (Å²) in [6.45, 7) is 0. The second-order valence-electron chi connectivity index (χ2n) is 6.25. The summed E-state index contributed by atoms with van der Waals surface area (Å²) in [5, 5.41) is 11.0. The average molecular weight is 369 g/mol. The lowest BCUT2D eigenvalue weighted by Crippen LogP contribution is -2.10. The molecule has 0 unspecified atom stereocenters. The first-order valence-corrected chi connectivity index (χ1v) is 8.54.